The van der Waals surface area contributed by atoms with E-state index >= 15 is 0 Å². The van der Waals surface area contributed by atoms with Crippen LogP contribution in [0.1, 0.15) is 45.1 Å². The minimum Gasteiger partial charge on any atom is -0.370 e. The molecule has 0 unspecified atom stereocenters. The quantitative estimate of drug-likeness (QED) is 0.618. The molecule has 3 nitrogen and oxygen atoms in total. The molecular weight excluding hydrogens is 293 g/mol. The molecule has 1 aromatic rings. The number of halogens is 1. The molecule has 0 bridgehead atoms. The predicted octanol–water partition coefficient (Wildman–Crippen LogP) is 3.59. The molecule has 1 saturated heterocycles. The summed E-state index contributed by atoms with van der Waals surface area (Å²) in [5, 5.41) is 0. The van der Waals surface area contributed by atoms with Crippen LogP contribution < -0.4 is 0 Å². The van der Waals surface area contributed by atoms with Gasteiger partial charge >= 0.3 is 0 Å². The largest absolute Gasteiger partial charge is 0.370 e. The van der Waals surface area contributed by atoms with Gasteiger partial charge in [0.2, 0.25) is 0 Å². The summed E-state index contributed by atoms with van der Waals surface area (Å²) < 4.78 is 13.3. The molecule has 2 fully saturated rings. The lowest BCUT2D eigenvalue weighted by Crippen LogP contribution is -2.34. The van der Waals surface area contributed by atoms with Crippen LogP contribution in [0.3, 0.4) is 0 Å². The smallest absolute Gasteiger partial charge is 0.169 e. The van der Waals surface area contributed by atoms with Crippen LogP contribution in [-0.2, 0) is 9.59 Å². The molecule has 0 radical (unpaired) electrons. The van der Waals surface area contributed by atoms with Crippen LogP contribution in [0.2, 0.25) is 0 Å². The predicted molar refractivity (Wildman–Crippen MR) is 87.2 cm³/mol. The minimum atomic E-state index is -0.318. The van der Waals surface area contributed by atoms with Crippen molar-refractivity contribution in [2.24, 2.45) is 5.41 Å². The van der Waals surface area contributed by atoms with Gasteiger partial charge in [-0.1, -0.05) is 13.8 Å². The molecule has 1 aromatic carbocycles. The lowest BCUT2D eigenvalue weighted by atomic mass is 9.73. The standard InChI is InChI=1S/C19H22FNO2/c1-19(2)11-15(22)17(16(23)12-19)18(21-9-3-4-10-21)13-5-7-14(20)8-6-13/h5-8H,3-4,9-12H2,1-2H3. The van der Waals surface area contributed by atoms with E-state index < -0.39 is 0 Å². The number of Topliss-reactive ketones (excluding diaryl/α,β-unsaturated/α-hetero) is 2. The Bertz CT molecular complexity index is 645. The van der Waals surface area contributed by atoms with Gasteiger partial charge in [0.05, 0.1) is 11.3 Å². The zero-order valence-electron chi connectivity index (χ0n) is 13.7. The Morgan fingerprint density at radius 1 is 1.00 bits per heavy atom. The van der Waals surface area contributed by atoms with Crippen LogP contribution >= 0.6 is 0 Å². The number of carbonyl (C=O) groups is 2. The summed E-state index contributed by atoms with van der Waals surface area (Å²) in [4.78, 5) is 27.5. The summed E-state index contributed by atoms with van der Waals surface area (Å²) in [7, 11) is 0. The molecule has 0 spiro atoms. The SMILES string of the molecule is CC1(C)CC(=O)C(=C(c2ccc(F)cc2)N2CCCC2)C(=O)C1. The summed E-state index contributed by atoms with van der Waals surface area (Å²) in [5.41, 5.74) is 1.49. The number of benzene rings is 1. The highest BCUT2D eigenvalue weighted by atomic mass is 19.1. The molecule has 0 N–H and O–H groups in total. The Morgan fingerprint density at radius 3 is 2.04 bits per heavy atom. The van der Waals surface area contributed by atoms with Crippen molar-refractivity contribution in [3.63, 3.8) is 0 Å². The van der Waals surface area contributed by atoms with Gasteiger partial charge in [-0.15, -0.1) is 0 Å². The van der Waals surface area contributed by atoms with E-state index in [0.717, 1.165) is 31.5 Å². The van der Waals surface area contributed by atoms with Crippen molar-refractivity contribution in [1.29, 1.82) is 0 Å². The Morgan fingerprint density at radius 2 is 1.52 bits per heavy atom. The van der Waals surface area contributed by atoms with E-state index in [0.29, 0.717) is 24.1 Å². The summed E-state index contributed by atoms with van der Waals surface area (Å²) in [5.74, 6) is -0.489. The maximum Gasteiger partial charge on any atom is 0.169 e. The average Bonchev–Trinajstić information content (AvgIpc) is 2.96. The molecular formula is C19H22FNO2. The van der Waals surface area contributed by atoms with Crippen molar-refractivity contribution in [3.05, 3.63) is 41.2 Å². The van der Waals surface area contributed by atoms with Gasteiger partial charge < -0.3 is 4.90 Å². The molecule has 1 aliphatic carbocycles. The second kappa shape index (κ2) is 5.91. The van der Waals surface area contributed by atoms with E-state index in [4.69, 9.17) is 0 Å². The first-order valence-corrected chi connectivity index (χ1v) is 8.19. The third-order valence-corrected chi connectivity index (χ3v) is 4.61. The number of likely N-dealkylation sites (tertiary alicyclic amines) is 1. The average molecular weight is 315 g/mol. The highest BCUT2D eigenvalue weighted by molar-refractivity contribution is 6.26. The van der Waals surface area contributed by atoms with E-state index in [-0.39, 0.29) is 22.8 Å². The second-order valence-corrected chi connectivity index (χ2v) is 7.29. The van der Waals surface area contributed by atoms with Crippen LogP contribution in [0.15, 0.2) is 29.8 Å². The van der Waals surface area contributed by atoms with Gasteiger partial charge in [0.1, 0.15) is 5.82 Å². The maximum absolute atomic E-state index is 13.3. The number of hydrogen-bond acceptors (Lipinski definition) is 3. The zero-order chi connectivity index (χ0) is 16.6. The molecule has 0 atom stereocenters. The molecule has 2 aliphatic rings. The fourth-order valence-electron chi connectivity index (χ4n) is 3.56. The van der Waals surface area contributed by atoms with Gasteiger partial charge in [0.15, 0.2) is 11.6 Å². The van der Waals surface area contributed by atoms with Crippen molar-refractivity contribution in [1.82, 2.24) is 4.90 Å². The number of nitrogens with zero attached hydrogens (tertiary/aromatic N) is 1. The maximum atomic E-state index is 13.3. The first-order chi connectivity index (χ1) is 10.9. The molecule has 4 heteroatoms. The number of rotatable bonds is 2. The van der Waals surface area contributed by atoms with Crippen LogP contribution in [0.25, 0.3) is 5.70 Å². The lowest BCUT2D eigenvalue weighted by molar-refractivity contribution is -0.127. The molecule has 1 aliphatic heterocycles. The monoisotopic (exact) mass is 315 g/mol. The minimum absolute atomic E-state index is 0.0857. The van der Waals surface area contributed by atoms with Crippen LogP contribution in [0.5, 0.6) is 0 Å². The van der Waals surface area contributed by atoms with E-state index in [1.54, 1.807) is 12.1 Å². The molecule has 1 heterocycles. The topological polar surface area (TPSA) is 37.4 Å². The molecule has 122 valence electrons. The van der Waals surface area contributed by atoms with Crippen LogP contribution in [0.4, 0.5) is 4.39 Å². The summed E-state index contributed by atoms with van der Waals surface area (Å²) in [6.45, 7) is 5.57. The first-order valence-electron chi connectivity index (χ1n) is 8.19. The van der Waals surface area contributed by atoms with Gasteiger partial charge in [-0.05, 0) is 48.1 Å². The van der Waals surface area contributed by atoms with E-state index in [1.807, 2.05) is 13.8 Å². The Balaban J connectivity index is 2.12. The van der Waals surface area contributed by atoms with Crippen molar-refractivity contribution in [2.75, 3.05) is 13.1 Å². The highest BCUT2D eigenvalue weighted by Gasteiger charge is 2.38. The number of ketones is 2. The van der Waals surface area contributed by atoms with E-state index in [9.17, 15) is 14.0 Å². The van der Waals surface area contributed by atoms with Crippen molar-refractivity contribution in [3.8, 4) is 0 Å². The molecule has 0 aromatic heterocycles. The first kappa shape index (κ1) is 15.9. The number of carbonyl (C=O) groups excluding carboxylic acids is 2. The second-order valence-electron chi connectivity index (χ2n) is 7.29. The van der Waals surface area contributed by atoms with Crippen molar-refractivity contribution < 1.29 is 14.0 Å². The van der Waals surface area contributed by atoms with Crippen molar-refractivity contribution in [2.45, 2.75) is 39.5 Å². The molecule has 1 saturated carbocycles. The molecule has 23 heavy (non-hydrogen) atoms. The lowest BCUT2D eigenvalue weighted by Gasteiger charge is -2.32. The third kappa shape index (κ3) is 3.21. The summed E-state index contributed by atoms with van der Waals surface area (Å²) in [6.07, 6.45) is 2.86. The van der Waals surface area contributed by atoms with Crippen LogP contribution in [-0.4, -0.2) is 29.6 Å². The molecule has 3 rings (SSSR count). The summed E-state index contributed by atoms with van der Waals surface area (Å²) in [6, 6.07) is 6.09. The fourth-order valence-corrected chi connectivity index (χ4v) is 3.56. The van der Waals surface area contributed by atoms with Crippen LogP contribution in [0, 0.1) is 11.2 Å². The van der Waals surface area contributed by atoms with Crippen molar-refractivity contribution >= 4 is 17.3 Å². The number of hydrogen-bond donors (Lipinski definition) is 0. The third-order valence-electron chi connectivity index (χ3n) is 4.61. The summed E-state index contributed by atoms with van der Waals surface area (Å²) >= 11 is 0. The fraction of sp³-hybridized carbons (Fsp3) is 0.474. The van der Waals surface area contributed by atoms with Gasteiger partial charge in [-0.25, -0.2) is 4.39 Å². The van der Waals surface area contributed by atoms with E-state index in [2.05, 4.69) is 4.90 Å². The number of allylic oxidation sites excluding steroid dienone is 1. The Kier molecular flexibility index (Phi) is 4.09. The Hall–Kier alpha value is -1.97. The Labute approximate surface area is 136 Å². The zero-order valence-corrected chi connectivity index (χ0v) is 13.7. The molecule has 0 amide bonds. The van der Waals surface area contributed by atoms with Gasteiger partial charge in [0, 0.05) is 25.9 Å². The van der Waals surface area contributed by atoms with Gasteiger partial charge in [-0.3, -0.25) is 9.59 Å². The van der Waals surface area contributed by atoms with Gasteiger partial charge in [0.25, 0.3) is 0 Å². The normalized spacial score (nSPS) is 21.0. The van der Waals surface area contributed by atoms with Gasteiger partial charge in [-0.2, -0.15) is 0 Å². The highest BCUT2D eigenvalue weighted by Crippen LogP contribution is 2.38. The van der Waals surface area contributed by atoms with E-state index in [1.165, 1.54) is 12.1 Å².